The quantitative estimate of drug-likeness (QED) is 0.183. The first kappa shape index (κ1) is 26.6. The Labute approximate surface area is 238 Å². The summed E-state index contributed by atoms with van der Waals surface area (Å²) in [6.07, 6.45) is 3.50. The number of halogens is 1. The van der Waals surface area contributed by atoms with Gasteiger partial charge in [-0.15, -0.1) is 0 Å². The molecule has 11 heteroatoms. The smallest absolute Gasteiger partial charge is 0.269 e. The molecule has 10 nitrogen and oxygen atoms in total. The summed E-state index contributed by atoms with van der Waals surface area (Å²) in [7, 11) is 1.37. The number of non-ortho nitro benzene ring substituents is 1. The Balaban J connectivity index is 1.48. The van der Waals surface area contributed by atoms with Crippen molar-refractivity contribution in [2.45, 2.75) is 25.7 Å². The van der Waals surface area contributed by atoms with Crippen LogP contribution in [0, 0.1) is 27.9 Å². The number of benzene rings is 2. The number of hydrogen-bond donors (Lipinski definition) is 1. The molecule has 1 saturated heterocycles. The molecule has 208 valence electrons. The average Bonchev–Trinajstić information content (AvgIpc) is 3.21. The highest BCUT2D eigenvalue weighted by molar-refractivity contribution is 6.32. The second-order valence-electron chi connectivity index (χ2n) is 10.6. The predicted molar refractivity (Wildman–Crippen MR) is 147 cm³/mol. The van der Waals surface area contributed by atoms with E-state index in [4.69, 9.17) is 16.3 Å². The number of phenolic OH excluding ortho intramolecular Hbond substituents is 1. The van der Waals surface area contributed by atoms with Crippen molar-refractivity contribution in [3.8, 4) is 11.5 Å². The summed E-state index contributed by atoms with van der Waals surface area (Å²) in [4.78, 5) is 65.9. The van der Waals surface area contributed by atoms with Gasteiger partial charge in [-0.25, -0.2) is 0 Å². The largest absolute Gasteiger partial charge is 0.503 e. The first-order chi connectivity index (χ1) is 19.5. The van der Waals surface area contributed by atoms with E-state index in [0.29, 0.717) is 11.1 Å². The van der Waals surface area contributed by atoms with Crippen LogP contribution in [0.4, 0.5) is 11.4 Å². The molecule has 4 unspecified atom stereocenters. The molecule has 0 saturated carbocycles. The number of carbonyl (C=O) groups is 4. The van der Waals surface area contributed by atoms with Crippen LogP contribution in [0.15, 0.2) is 70.8 Å². The summed E-state index contributed by atoms with van der Waals surface area (Å²) in [6.45, 7) is 1.56. The number of methoxy groups -OCH3 is 1. The van der Waals surface area contributed by atoms with Crippen LogP contribution in [0.25, 0.3) is 0 Å². The van der Waals surface area contributed by atoms with Gasteiger partial charge in [0.1, 0.15) is 0 Å². The normalized spacial score (nSPS) is 25.4. The number of ether oxygens (including phenoxy) is 1. The lowest BCUT2D eigenvalue weighted by Crippen LogP contribution is -2.39. The molecule has 6 rings (SSSR count). The lowest BCUT2D eigenvalue weighted by atomic mass is 9.59. The summed E-state index contributed by atoms with van der Waals surface area (Å²) in [6, 6.07) is 8.27. The summed E-state index contributed by atoms with van der Waals surface area (Å²) in [5, 5.41) is 21.4. The van der Waals surface area contributed by atoms with Crippen molar-refractivity contribution in [2.24, 2.45) is 17.8 Å². The number of aromatic hydroxyl groups is 1. The van der Waals surface area contributed by atoms with Crippen molar-refractivity contribution in [1.82, 2.24) is 0 Å². The second-order valence-corrected chi connectivity index (χ2v) is 11.0. The lowest BCUT2D eigenvalue weighted by molar-refractivity contribution is -0.384. The molecule has 3 aliphatic carbocycles. The standard InChI is InChI=1S/C30H23ClN2O8/c1-13-9-22(34)26-20(27(13)35)12-19-17(24(26)14-10-21(31)28(36)23(11-14)41-2)7-8-18-25(19)30(38)32(29(18)37)15-3-5-16(6-4-15)33(39)40/h3-7,9-11,18-19,24-25,36H,8,12H2,1-2H3. The number of imide groups is 1. The number of allylic oxidation sites excluding steroid dienone is 6. The average molecular weight is 575 g/mol. The highest BCUT2D eigenvalue weighted by Crippen LogP contribution is 2.56. The fourth-order valence-electron chi connectivity index (χ4n) is 6.66. The molecular weight excluding hydrogens is 552 g/mol. The summed E-state index contributed by atoms with van der Waals surface area (Å²) in [5.74, 6) is -4.52. The number of nitro benzene ring substituents is 1. The number of hydrogen-bond acceptors (Lipinski definition) is 8. The number of phenols is 1. The van der Waals surface area contributed by atoms with Gasteiger partial charge in [-0.05, 0) is 61.6 Å². The Kier molecular flexibility index (Phi) is 6.18. The molecule has 1 heterocycles. The number of rotatable bonds is 4. The number of nitrogens with zero attached hydrogens (tertiary/aromatic N) is 2. The molecule has 0 aromatic heterocycles. The van der Waals surface area contributed by atoms with Crippen LogP contribution in [0.1, 0.15) is 31.2 Å². The third kappa shape index (κ3) is 3.93. The Morgan fingerprint density at radius 3 is 2.44 bits per heavy atom. The van der Waals surface area contributed by atoms with E-state index in [9.17, 15) is 34.4 Å². The number of nitro groups is 1. The van der Waals surface area contributed by atoms with Crippen molar-refractivity contribution < 1.29 is 33.9 Å². The summed E-state index contributed by atoms with van der Waals surface area (Å²) >= 11 is 6.33. The molecule has 0 spiro atoms. The molecule has 1 fully saturated rings. The molecule has 0 bridgehead atoms. The molecule has 2 aromatic carbocycles. The van der Waals surface area contributed by atoms with Gasteiger partial charge in [0.25, 0.3) is 5.69 Å². The molecule has 1 N–H and O–H groups in total. The van der Waals surface area contributed by atoms with Crippen LogP contribution < -0.4 is 9.64 Å². The van der Waals surface area contributed by atoms with Gasteiger partial charge >= 0.3 is 0 Å². The van der Waals surface area contributed by atoms with Crippen LogP contribution in [-0.4, -0.2) is 40.5 Å². The highest BCUT2D eigenvalue weighted by atomic mass is 35.5. The number of fused-ring (bicyclic) bond motifs is 3. The SMILES string of the molecule is COc1cc(C2C3=CCC4C(=O)N(c5ccc([N+](=O)[O-])cc5)C(=O)C4C3CC3=C2C(=O)C=C(C)C3=O)cc(Cl)c1O. The van der Waals surface area contributed by atoms with Gasteiger partial charge in [0, 0.05) is 34.8 Å². The van der Waals surface area contributed by atoms with E-state index < -0.39 is 40.4 Å². The van der Waals surface area contributed by atoms with Crippen molar-refractivity contribution in [3.05, 3.63) is 91.5 Å². The van der Waals surface area contributed by atoms with Gasteiger partial charge < -0.3 is 9.84 Å². The molecule has 1 aliphatic heterocycles. The first-order valence-corrected chi connectivity index (χ1v) is 13.3. The molecular formula is C30H23ClN2O8. The fraction of sp³-hybridized carbons (Fsp3) is 0.267. The molecule has 41 heavy (non-hydrogen) atoms. The summed E-state index contributed by atoms with van der Waals surface area (Å²) in [5.41, 5.74) is 2.14. The minimum atomic E-state index is -0.808. The van der Waals surface area contributed by atoms with E-state index in [1.54, 1.807) is 13.0 Å². The fourth-order valence-corrected chi connectivity index (χ4v) is 6.87. The first-order valence-electron chi connectivity index (χ1n) is 12.9. The molecule has 4 aliphatic rings. The highest BCUT2D eigenvalue weighted by Gasteiger charge is 2.56. The Bertz CT molecular complexity index is 1690. The van der Waals surface area contributed by atoms with E-state index in [2.05, 4.69) is 0 Å². The van der Waals surface area contributed by atoms with Crippen molar-refractivity contribution in [2.75, 3.05) is 12.0 Å². The van der Waals surface area contributed by atoms with Gasteiger partial charge in [-0.2, -0.15) is 0 Å². The minimum Gasteiger partial charge on any atom is -0.503 e. The van der Waals surface area contributed by atoms with Crippen LogP contribution in [0.5, 0.6) is 11.5 Å². The van der Waals surface area contributed by atoms with Crippen LogP contribution in [0.3, 0.4) is 0 Å². The van der Waals surface area contributed by atoms with Gasteiger partial charge in [0.2, 0.25) is 11.8 Å². The maximum atomic E-state index is 13.9. The number of amides is 2. The maximum absolute atomic E-state index is 13.9. The van der Waals surface area contributed by atoms with Crippen LogP contribution in [0.2, 0.25) is 5.02 Å². The maximum Gasteiger partial charge on any atom is 0.269 e. The van der Waals surface area contributed by atoms with E-state index in [1.807, 2.05) is 6.08 Å². The van der Waals surface area contributed by atoms with E-state index >= 15 is 0 Å². The van der Waals surface area contributed by atoms with Crippen LogP contribution >= 0.6 is 11.6 Å². The number of Topliss-reactive ketones (excluding diaryl/α,β-unsaturated/α-hetero) is 1. The molecule has 0 radical (unpaired) electrons. The number of anilines is 1. The van der Waals surface area contributed by atoms with Gasteiger partial charge in [0.15, 0.2) is 23.1 Å². The summed E-state index contributed by atoms with van der Waals surface area (Å²) < 4.78 is 5.30. The third-order valence-electron chi connectivity index (χ3n) is 8.48. The van der Waals surface area contributed by atoms with E-state index in [-0.39, 0.29) is 63.5 Å². The molecule has 2 aromatic rings. The van der Waals surface area contributed by atoms with Crippen molar-refractivity contribution in [1.29, 1.82) is 0 Å². The number of carbonyl (C=O) groups excluding carboxylic acids is 4. The third-order valence-corrected chi connectivity index (χ3v) is 8.77. The Morgan fingerprint density at radius 1 is 1.07 bits per heavy atom. The predicted octanol–water partition coefficient (Wildman–Crippen LogP) is 4.60. The topological polar surface area (TPSA) is 144 Å². The molecule has 2 amide bonds. The van der Waals surface area contributed by atoms with Gasteiger partial charge in [-0.1, -0.05) is 23.3 Å². The van der Waals surface area contributed by atoms with E-state index in [0.717, 1.165) is 10.5 Å². The Morgan fingerprint density at radius 2 is 1.78 bits per heavy atom. The van der Waals surface area contributed by atoms with E-state index in [1.165, 1.54) is 43.5 Å². The number of ketones is 2. The van der Waals surface area contributed by atoms with Gasteiger partial charge in [0.05, 0.1) is 34.6 Å². The van der Waals surface area contributed by atoms with Crippen LogP contribution in [-0.2, 0) is 19.2 Å². The van der Waals surface area contributed by atoms with Crippen molar-refractivity contribution in [3.63, 3.8) is 0 Å². The van der Waals surface area contributed by atoms with Gasteiger partial charge in [-0.3, -0.25) is 34.2 Å². The monoisotopic (exact) mass is 574 g/mol. The Hall–Kier alpha value is -4.57. The zero-order valence-corrected chi connectivity index (χ0v) is 22.7. The zero-order valence-electron chi connectivity index (χ0n) is 21.9. The lowest BCUT2D eigenvalue weighted by Gasteiger charge is -2.42. The second kappa shape index (κ2) is 9.52. The molecule has 4 atom stereocenters. The minimum absolute atomic E-state index is 0.00400. The van der Waals surface area contributed by atoms with Crippen molar-refractivity contribution >= 4 is 46.4 Å². The zero-order chi connectivity index (χ0) is 29.3.